The Labute approximate surface area is 808 Å². The number of likely N-dealkylation sites (tertiary alicyclic amines) is 2. The number of fused-ring (bicyclic) bond motifs is 4. The first-order valence-corrected chi connectivity index (χ1v) is 46.1. The smallest absolute Gasteiger partial charge is 0.416 e. The van der Waals surface area contributed by atoms with Crippen molar-refractivity contribution in [2.75, 3.05) is 114 Å². The number of ether oxygens (including phenoxy) is 8. The highest BCUT2D eigenvalue weighted by Gasteiger charge is 2.56. The molecule has 4 fully saturated rings. The average Bonchev–Trinajstić information content (AvgIpc) is 1.63. The monoisotopic (exact) mass is 1970 g/mol. The number of carboxylic acid groups (broad SMARTS) is 2. The molecule has 0 spiro atoms. The topological polar surface area (TPSA) is 630 Å². The summed E-state index contributed by atoms with van der Waals surface area (Å²) in [6, 6.07) is 4.18. The maximum Gasteiger partial charge on any atom is 0.416 e. The molecule has 9 heterocycles. The van der Waals surface area contributed by atoms with E-state index in [1.165, 1.54) is 96.8 Å². The number of carboxylic acids is 2. The minimum Gasteiger partial charge on any atom is -0.493 e. The molecule has 4 unspecified atom stereocenters. The van der Waals surface area contributed by atoms with Gasteiger partial charge in [0, 0.05) is 75.4 Å². The molecule has 750 valence electrons. The Hall–Kier alpha value is -13.5. The first-order chi connectivity index (χ1) is 66.5. The predicted octanol–water partition coefficient (Wildman–Crippen LogP) is 0.758. The number of aliphatic hydroxyl groups excluding tert-OH is 2. The van der Waals surface area contributed by atoms with Crippen LogP contribution in [-0.4, -0.2) is 311 Å². The van der Waals surface area contributed by atoms with Gasteiger partial charge in [0.15, 0.2) is 35.5 Å². The van der Waals surface area contributed by atoms with E-state index in [1.54, 1.807) is 0 Å². The average molecular weight is 1980 g/mol. The summed E-state index contributed by atoms with van der Waals surface area (Å²) < 4.78 is 46.9. The van der Waals surface area contributed by atoms with Crippen molar-refractivity contribution < 1.29 is 145 Å². The molecule has 46 nitrogen and oxygen atoms in total. The highest BCUT2D eigenvalue weighted by molar-refractivity contribution is 7.82. The number of aliphatic carboxylic acids is 2. The second-order valence-corrected chi connectivity index (χ2v) is 35.0. The van der Waals surface area contributed by atoms with Gasteiger partial charge in [-0.05, 0) is 131 Å². The number of unbranched alkanes of at least 4 members (excludes halogenated alkanes) is 2. The molecule has 16 N–H and O–H groups in total. The SMILES string of the molecule is C=C1C[C@H]2[C@H](O)N3C(=O)OCc4ccc(cc4)NC(=O)[C@H](CC(=O)O)NC(=O)[C@H](CCCCN)NC(=O)CCOCCNC(=O)C(N4C(=O)CC(S)C4=O)C(N4C(=O)CC(S)C4=O)C(=O)NCCOCCC(=O)N[C@@H](CCCCN)C(=O)N[C@@H](CC(=O)O)C(=O)Nc4ccc(cc4)COC(=O)N4c5cc(c(OC)cc5C(=O)N5CC(=C)C[C@H]5[C@@H]4O)OCCCCCOc4cc3c(cc4OC)C(=O)N2C1. The van der Waals surface area contributed by atoms with Crippen molar-refractivity contribution >= 4 is 155 Å². The van der Waals surface area contributed by atoms with Crippen molar-refractivity contribution in [3.63, 3.8) is 0 Å². The van der Waals surface area contributed by atoms with E-state index in [4.69, 9.17) is 49.4 Å². The third-order valence-electron chi connectivity index (χ3n) is 23.7. The van der Waals surface area contributed by atoms with Gasteiger partial charge in [0.1, 0.15) is 49.5 Å². The van der Waals surface area contributed by atoms with Gasteiger partial charge >= 0.3 is 24.1 Å². The van der Waals surface area contributed by atoms with Crippen molar-refractivity contribution in [3.05, 3.63) is 119 Å². The molecule has 0 aromatic heterocycles. The molecule has 0 aliphatic carbocycles. The number of imide groups is 2. The number of methoxy groups -OCH3 is 2. The van der Waals surface area contributed by atoms with E-state index >= 15 is 0 Å². The molecule has 0 radical (unpaired) electrons. The molecular weight excluding hydrogens is 1860 g/mol. The predicted molar refractivity (Wildman–Crippen MR) is 496 cm³/mol. The van der Waals surface area contributed by atoms with Gasteiger partial charge in [-0.2, -0.15) is 25.3 Å². The van der Waals surface area contributed by atoms with Crippen LogP contribution >= 0.6 is 25.3 Å². The fraction of sp³-hybridized carbons (Fsp3) is 0.495. The van der Waals surface area contributed by atoms with Crippen molar-refractivity contribution in [2.24, 2.45) is 11.5 Å². The highest BCUT2D eigenvalue weighted by atomic mass is 32.1. The lowest BCUT2D eigenvalue weighted by atomic mass is 10.0. The minimum atomic E-state index is -2.25. The summed E-state index contributed by atoms with van der Waals surface area (Å²) in [5, 5.41) is 61.5. The van der Waals surface area contributed by atoms with Gasteiger partial charge in [-0.1, -0.05) is 48.6 Å². The van der Waals surface area contributed by atoms with Crippen LogP contribution in [0, 0.1) is 0 Å². The van der Waals surface area contributed by atoms with E-state index in [2.05, 4.69) is 80.9 Å². The number of thiol groups is 2. The van der Waals surface area contributed by atoms with E-state index in [9.17, 15) is 107 Å². The lowest BCUT2D eigenvalue weighted by Crippen LogP contribution is -2.66. The number of nitrogens with two attached hydrogens (primary N) is 2. The number of anilines is 4. The first kappa shape index (κ1) is 106. The molecule has 16 amide bonds. The number of benzene rings is 4. The summed E-state index contributed by atoms with van der Waals surface area (Å²) in [4.78, 5) is 255. The second kappa shape index (κ2) is 49.7. The zero-order valence-electron chi connectivity index (χ0n) is 76.3. The van der Waals surface area contributed by atoms with Gasteiger partial charge in [-0.25, -0.2) is 19.4 Å². The lowest BCUT2D eigenvalue weighted by molar-refractivity contribution is -0.158. The lowest BCUT2D eigenvalue weighted by Gasteiger charge is -2.35. The molecule has 9 aliphatic heterocycles. The first-order valence-electron chi connectivity index (χ1n) is 45.1. The summed E-state index contributed by atoms with van der Waals surface area (Å²) >= 11 is 8.38. The molecule has 13 rings (SSSR count). The summed E-state index contributed by atoms with van der Waals surface area (Å²) in [7, 11) is 2.69. The van der Waals surface area contributed by atoms with Crippen LogP contribution in [-0.2, 0) is 99.3 Å². The zero-order chi connectivity index (χ0) is 101. The molecule has 12 atom stereocenters. The van der Waals surface area contributed by atoms with Crippen molar-refractivity contribution in [2.45, 2.75) is 194 Å². The number of aliphatic hydroxyl groups is 2. The summed E-state index contributed by atoms with van der Waals surface area (Å²) in [6.45, 7) is 5.17. The maximum absolute atomic E-state index is 14.6. The van der Waals surface area contributed by atoms with Gasteiger partial charge in [-0.3, -0.25) is 86.5 Å². The minimum absolute atomic E-state index is 0.0302. The molecule has 9 aliphatic rings. The molecule has 8 bridgehead atoms. The van der Waals surface area contributed by atoms with E-state index in [0.717, 1.165) is 9.80 Å². The Bertz CT molecular complexity index is 5010. The van der Waals surface area contributed by atoms with Crippen LogP contribution in [0.5, 0.6) is 23.0 Å². The normalized spacial score (nSPS) is 24.9. The number of carbonyl (C=O) groups is 18. The van der Waals surface area contributed by atoms with Crippen LogP contribution in [0.3, 0.4) is 0 Å². The third kappa shape index (κ3) is 27.1. The van der Waals surface area contributed by atoms with Gasteiger partial charge in [-0.15, -0.1) is 0 Å². The van der Waals surface area contributed by atoms with Crippen molar-refractivity contribution in [1.29, 1.82) is 0 Å². The third-order valence-corrected chi connectivity index (χ3v) is 24.5. The van der Waals surface area contributed by atoms with Crippen LogP contribution in [0.1, 0.15) is 141 Å². The van der Waals surface area contributed by atoms with Crippen molar-refractivity contribution in [3.8, 4) is 23.0 Å². The van der Waals surface area contributed by atoms with Gasteiger partial charge in [0.05, 0.1) is 112 Å². The van der Waals surface area contributed by atoms with E-state index in [1.807, 2.05) is 0 Å². The maximum atomic E-state index is 14.6. The van der Waals surface area contributed by atoms with Crippen LogP contribution in [0.25, 0.3) is 0 Å². The van der Waals surface area contributed by atoms with Crippen LogP contribution in [0.4, 0.5) is 32.3 Å². The van der Waals surface area contributed by atoms with Gasteiger partial charge in [0.25, 0.3) is 11.8 Å². The van der Waals surface area contributed by atoms with Gasteiger partial charge < -0.3 is 122 Å². The van der Waals surface area contributed by atoms with E-state index in [0.29, 0.717) is 64.2 Å². The van der Waals surface area contributed by atoms with Crippen LogP contribution in [0.15, 0.2) is 97.1 Å². The number of hydrogen-bond acceptors (Lipinski definition) is 32. The number of nitrogens with one attached hydrogen (secondary N) is 8. The number of hydrogen-bond donors (Lipinski definition) is 16. The number of carbonyl (C=O) groups excluding carboxylic acids is 16. The van der Waals surface area contributed by atoms with Crippen LogP contribution < -0.4 is 82.7 Å². The molecule has 48 heteroatoms. The number of nitrogens with zero attached hydrogens (tertiary/aromatic N) is 6. The number of amides is 16. The molecule has 4 aromatic rings. The van der Waals surface area contributed by atoms with Gasteiger partial charge in [0.2, 0.25) is 70.9 Å². The van der Waals surface area contributed by atoms with Crippen LogP contribution in [0.2, 0.25) is 0 Å². The fourth-order valence-electron chi connectivity index (χ4n) is 16.6. The molecular formula is C91H114N16O30S2. The standard InChI is InChI=1S/C91H114N16O30S2/c1-48-34-62-86(124)104-60-40-66(64(130-3)36-54(60)84(122)102(62)44-48)134-28-10-5-11-29-135-67-41-61-55(37-65(67)131-4)85(123)103-45-49(2)35-63(103)87(125)105(61)91(129)137-47-51-16-20-53(21-17-51)97-81(119)59(39-75(114)115)101-79(117)57(13-7-9-25-93)99-71(109)23-31-133-33-27-95-83(121)77(107-73(111)43-69(139)89(107)127)76(106-72(110)42-68(138)88(106)126)82(120)94-26-32-132-30-22-70(108)98-56(12-6-8-24-92)78(116)100-58(38-74(112)113)80(118)96-52-18-14-50(15-19-52)46-136-90(104)128/h14-21,36-37,40-41,56-59,62-63,68-69,76-77,86-87,124-125,138-139H,1-2,5-13,22-35,38-39,42-47,92-93H2,3-4H3,(H,94,120)(H,95,121)(H,96,118)(H,97,119)(H,98,108)(H,99,109)(H,100,116)(H,101,117)(H,112,113)(H,114,115)/t56-,57-,58-,59-,62-,63-,68?,69?,76?,77?,86-,87-/m0/s1. The van der Waals surface area contributed by atoms with Crippen molar-refractivity contribution in [1.82, 2.24) is 51.5 Å². The molecule has 4 saturated heterocycles. The summed E-state index contributed by atoms with van der Waals surface area (Å²) in [6.07, 6.45) is -6.91. The Morgan fingerprint density at radius 1 is 0.460 bits per heavy atom. The second-order valence-electron chi connectivity index (χ2n) is 33.7. The Kier molecular flexibility index (Phi) is 37.9. The summed E-state index contributed by atoms with van der Waals surface area (Å²) in [5.41, 5.74) is 13.2. The summed E-state index contributed by atoms with van der Waals surface area (Å²) in [5.74, 6) is -15.9. The molecule has 139 heavy (non-hydrogen) atoms. The Morgan fingerprint density at radius 3 is 1.19 bits per heavy atom. The van der Waals surface area contributed by atoms with E-state index in [-0.39, 0.29) is 148 Å². The van der Waals surface area contributed by atoms with E-state index < -0.39 is 256 Å². The largest absolute Gasteiger partial charge is 0.493 e. The Balaban J connectivity index is 0.820. The fourth-order valence-corrected chi connectivity index (χ4v) is 17.2. The molecule has 4 aromatic carbocycles. The highest BCUT2D eigenvalue weighted by Crippen LogP contribution is 2.45. The Morgan fingerprint density at radius 2 is 0.842 bits per heavy atom. The quantitative estimate of drug-likeness (QED) is 0.0319. The molecule has 0 saturated carbocycles. The zero-order valence-corrected chi connectivity index (χ0v) is 78.1. The number of rotatable bonds is 16.